The van der Waals surface area contributed by atoms with Gasteiger partial charge in [-0.25, -0.2) is 4.99 Å². The van der Waals surface area contributed by atoms with E-state index in [9.17, 15) is 0 Å². The monoisotopic (exact) mass is 237 g/mol. The van der Waals surface area contributed by atoms with Gasteiger partial charge in [-0.1, -0.05) is 26.2 Å². The summed E-state index contributed by atoms with van der Waals surface area (Å²) in [6, 6.07) is 3.32. The van der Waals surface area contributed by atoms with Crippen molar-refractivity contribution in [3.8, 4) is 0 Å². The van der Waals surface area contributed by atoms with Crippen LogP contribution in [0.15, 0.2) is 9.98 Å². The smallest absolute Gasteiger partial charge is 0.171 e. The van der Waals surface area contributed by atoms with Crippen LogP contribution in [-0.4, -0.2) is 49.4 Å². The maximum absolute atomic E-state index is 5.57. The molecule has 0 spiro atoms. The quantitative estimate of drug-likeness (QED) is 0.705. The first-order valence-electron chi connectivity index (χ1n) is 6.87. The Kier molecular flexibility index (Phi) is 5.17. The Morgan fingerprint density at radius 3 is 2.82 bits per heavy atom. The summed E-state index contributed by atoms with van der Waals surface area (Å²) in [7, 11) is 0. The van der Waals surface area contributed by atoms with E-state index in [1.807, 2.05) is 0 Å². The molecule has 96 valence electrons. The van der Waals surface area contributed by atoms with E-state index in [-0.39, 0.29) is 6.23 Å². The summed E-state index contributed by atoms with van der Waals surface area (Å²) in [5.74, 6) is 0. The van der Waals surface area contributed by atoms with E-state index < -0.39 is 0 Å². The highest BCUT2D eigenvalue weighted by Gasteiger charge is 2.17. The molecular weight excluding hydrogens is 214 g/mol. The van der Waals surface area contributed by atoms with Gasteiger partial charge in [0.05, 0.1) is 18.7 Å². The second kappa shape index (κ2) is 6.90. The van der Waals surface area contributed by atoms with Gasteiger partial charge in [-0.2, -0.15) is 4.99 Å². The minimum atomic E-state index is -0.0592. The largest absolute Gasteiger partial charge is 0.353 e. The third-order valence-corrected chi connectivity index (χ3v) is 3.60. The van der Waals surface area contributed by atoms with Gasteiger partial charge in [0.1, 0.15) is 0 Å². The van der Waals surface area contributed by atoms with E-state index in [0.717, 1.165) is 26.2 Å². The first-order chi connectivity index (χ1) is 8.38. The maximum atomic E-state index is 5.57. The Morgan fingerprint density at radius 2 is 2.06 bits per heavy atom. The van der Waals surface area contributed by atoms with Gasteiger partial charge in [-0.3, -0.25) is 4.90 Å². The van der Waals surface area contributed by atoms with Crippen molar-refractivity contribution in [2.45, 2.75) is 51.3 Å². The Labute approximate surface area is 104 Å². The Morgan fingerprint density at radius 1 is 1.24 bits per heavy atom. The predicted molar refractivity (Wildman–Crippen MR) is 68.6 cm³/mol. The molecule has 4 nitrogen and oxygen atoms in total. The summed E-state index contributed by atoms with van der Waals surface area (Å²) in [6.07, 6.45) is 6.32. The third kappa shape index (κ3) is 4.23. The van der Waals surface area contributed by atoms with Gasteiger partial charge < -0.3 is 4.74 Å². The van der Waals surface area contributed by atoms with Crippen molar-refractivity contribution >= 4 is 6.01 Å². The fourth-order valence-corrected chi connectivity index (χ4v) is 2.44. The molecule has 1 unspecified atom stereocenters. The number of aliphatic imine (C=N–C) groups is 2. The fraction of sp³-hybridized carbons (Fsp3) is 0.923. The second-order valence-corrected chi connectivity index (χ2v) is 4.87. The molecular formula is C13H23N3O. The van der Waals surface area contributed by atoms with Gasteiger partial charge in [-0.05, 0) is 19.4 Å². The van der Waals surface area contributed by atoms with Gasteiger partial charge in [0.2, 0.25) is 0 Å². The number of nitrogens with zero attached hydrogens (tertiary/aromatic N) is 3. The Balaban J connectivity index is 1.80. The molecule has 0 amide bonds. The molecule has 17 heavy (non-hydrogen) atoms. The number of ether oxygens (including phenoxy) is 1. The fourth-order valence-electron chi connectivity index (χ4n) is 2.44. The van der Waals surface area contributed by atoms with Crippen LogP contribution in [0.4, 0.5) is 0 Å². The van der Waals surface area contributed by atoms with Gasteiger partial charge in [0.15, 0.2) is 6.23 Å². The van der Waals surface area contributed by atoms with Crippen LogP contribution in [0.3, 0.4) is 0 Å². The summed E-state index contributed by atoms with van der Waals surface area (Å²) in [5, 5.41) is 0. The van der Waals surface area contributed by atoms with Crippen molar-refractivity contribution < 1.29 is 4.74 Å². The summed E-state index contributed by atoms with van der Waals surface area (Å²) in [4.78, 5) is 11.1. The molecule has 1 aliphatic carbocycles. The third-order valence-electron chi connectivity index (χ3n) is 3.60. The highest BCUT2D eigenvalue weighted by Crippen LogP contribution is 2.19. The standard InChI is InChI=1S/C13H23N3O/c1-2-16-8-9-17-13(10-16)15-11-14-12-6-4-3-5-7-12/h12-13H,2-10H2,1H3. The van der Waals surface area contributed by atoms with E-state index in [1.54, 1.807) is 0 Å². The van der Waals surface area contributed by atoms with Crippen LogP contribution >= 0.6 is 0 Å². The zero-order valence-corrected chi connectivity index (χ0v) is 10.8. The van der Waals surface area contributed by atoms with Crippen LogP contribution in [0.2, 0.25) is 0 Å². The summed E-state index contributed by atoms with van der Waals surface area (Å²) < 4.78 is 5.57. The van der Waals surface area contributed by atoms with Gasteiger partial charge >= 0.3 is 0 Å². The second-order valence-electron chi connectivity index (χ2n) is 4.87. The van der Waals surface area contributed by atoms with Crippen LogP contribution in [-0.2, 0) is 4.74 Å². The minimum absolute atomic E-state index is 0.0592. The molecule has 0 radical (unpaired) electrons. The molecule has 0 aromatic rings. The van der Waals surface area contributed by atoms with Crippen LogP contribution in [0.25, 0.3) is 0 Å². The van der Waals surface area contributed by atoms with Crippen molar-refractivity contribution in [3.63, 3.8) is 0 Å². The lowest BCUT2D eigenvalue weighted by molar-refractivity contribution is -0.0209. The van der Waals surface area contributed by atoms with Crippen LogP contribution < -0.4 is 0 Å². The molecule has 0 N–H and O–H groups in total. The van der Waals surface area contributed by atoms with Crippen molar-refractivity contribution in [1.82, 2.24) is 4.90 Å². The minimum Gasteiger partial charge on any atom is -0.353 e. The molecule has 1 saturated carbocycles. The van der Waals surface area contributed by atoms with Crippen LogP contribution in [0.5, 0.6) is 0 Å². The summed E-state index contributed by atoms with van der Waals surface area (Å²) in [6.45, 7) is 5.90. The van der Waals surface area contributed by atoms with E-state index in [0.29, 0.717) is 6.04 Å². The number of morpholine rings is 1. The summed E-state index contributed by atoms with van der Waals surface area (Å²) >= 11 is 0. The Bertz CT molecular complexity index is 280. The summed E-state index contributed by atoms with van der Waals surface area (Å²) in [5.41, 5.74) is 0. The highest BCUT2D eigenvalue weighted by atomic mass is 16.5. The van der Waals surface area contributed by atoms with Crippen LogP contribution in [0, 0.1) is 0 Å². The first kappa shape index (κ1) is 12.7. The van der Waals surface area contributed by atoms with Crippen molar-refractivity contribution in [2.24, 2.45) is 9.98 Å². The van der Waals surface area contributed by atoms with Gasteiger partial charge in [-0.15, -0.1) is 0 Å². The van der Waals surface area contributed by atoms with E-state index in [1.165, 1.54) is 32.1 Å². The molecule has 1 atom stereocenters. The molecule has 1 aliphatic heterocycles. The molecule has 0 bridgehead atoms. The van der Waals surface area contributed by atoms with Crippen molar-refractivity contribution in [1.29, 1.82) is 0 Å². The van der Waals surface area contributed by atoms with Crippen molar-refractivity contribution in [3.05, 3.63) is 0 Å². The highest BCUT2D eigenvalue weighted by molar-refractivity contribution is 5.41. The Hall–Kier alpha value is -0.700. The zero-order chi connectivity index (χ0) is 11.9. The molecule has 1 heterocycles. The first-order valence-corrected chi connectivity index (χ1v) is 6.87. The molecule has 0 aromatic carbocycles. The average molecular weight is 237 g/mol. The molecule has 4 heteroatoms. The lowest BCUT2D eigenvalue weighted by Crippen LogP contribution is -2.41. The van der Waals surface area contributed by atoms with Crippen LogP contribution in [0.1, 0.15) is 39.0 Å². The zero-order valence-electron chi connectivity index (χ0n) is 10.8. The van der Waals surface area contributed by atoms with Crippen molar-refractivity contribution in [2.75, 3.05) is 26.2 Å². The molecule has 1 saturated heterocycles. The maximum Gasteiger partial charge on any atom is 0.171 e. The van der Waals surface area contributed by atoms with Gasteiger partial charge in [0, 0.05) is 13.1 Å². The van der Waals surface area contributed by atoms with E-state index in [2.05, 4.69) is 27.8 Å². The lowest BCUT2D eigenvalue weighted by Gasteiger charge is -2.29. The number of hydrogen-bond acceptors (Lipinski definition) is 4. The molecule has 2 aliphatic rings. The molecule has 0 aromatic heterocycles. The number of likely N-dealkylation sites (N-methyl/N-ethyl adjacent to an activating group) is 1. The number of hydrogen-bond donors (Lipinski definition) is 0. The SMILES string of the molecule is CCN1CCOC(N=C=NC2CCCCC2)C1. The van der Waals surface area contributed by atoms with Gasteiger partial charge in [0.25, 0.3) is 0 Å². The number of rotatable bonds is 3. The molecule has 2 fully saturated rings. The molecule has 2 rings (SSSR count). The van der Waals surface area contributed by atoms with E-state index >= 15 is 0 Å². The normalized spacial score (nSPS) is 27.5. The van der Waals surface area contributed by atoms with E-state index in [4.69, 9.17) is 4.74 Å². The average Bonchev–Trinajstić information content (AvgIpc) is 2.40. The topological polar surface area (TPSA) is 37.2 Å². The predicted octanol–water partition coefficient (Wildman–Crippen LogP) is 2.17. The lowest BCUT2D eigenvalue weighted by atomic mass is 9.96.